The number of imide groups is 1. The fraction of sp³-hybridized carbons (Fsp3) is 0.556. The van der Waals surface area contributed by atoms with E-state index in [1.165, 1.54) is 17.1 Å². The highest BCUT2D eigenvalue weighted by atomic mass is 16.2. The van der Waals surface area contributed by atoms with Gasteiger partial charge in [0.2, 0.25) is 0 Å². The largest absolute Gasteiger partial charge is 0.328 e. The lowest BCUT2D eigenvalue weighted by molar-refractivity contribution is -0.139. The van der Waals surface area contributed by atoms with Crippen LogP contribution in [0.3, 0.4) is 0 Å². The van der Waals surface area contributed by atoms with Crippen molar-refractivity contribution in [1.82, 2.24) is 4.90 Å². The average Bonchev–Trinajstić information content (AvgIpc) is 2.29. The molecule has 0 saturated heterocycles. The van der Waals surface area contributed by atoms with E-state index in [-0.39, 0.29) is 23.9 Å². The van der Waals surface area contributed by atoms with Gasteiger partial charge in [-0.2, -0.15) is 0 Å². The molecular weight excluding hydrogens is 168 g/mol. The van der Waals surface area contributed by atoms with Gasteiger partial charge in [-0.05, 0) is 20.3 Å². The molecule has 0 aromatic rings. The zero-order chi connectivity index (χ0) is 10.0. The van der Waals surface area contributed by atoms with Crippen LogP contribution < -0.4 is 5.73 Å². The second-order valence-electron chi connectivity index (χ2n) is 3.44. The van der Waals surface area contributed by atoms with E-state index >= 15 is 0 Å². The molecule has 0 aliphatic carbocycles. The van der Waals surface area contributed by atoms with Crippen LogP contribution in [0.25, 0.3) is 0 Å². The monoisotopic (exact) mass is 182 g/mol. The number of nitrogens with zero attached hydrogens (tertiary/aromatic N) is 1. The maximum atomic E-state index is 11.2. The van der Waals surface area contributed by atoms with E-state index in [0.29, 0.717) is 6.42 Å². The van der Waals surface area contributed by atoms with Crippen molar-refractivity contribution in [2.75, 3.05) is 0 Å². The van der Waals surface area contributed by atoms with Crippen molar-refractivity contribution in [3.05, 3.63) is 12.2 Å². The maximum absolute atomic E-state index is 11.2. The molecule has 0 fully saturated rings. The van der Waals surface area contributed by atoms with Crippen molar-refractivity contribution < 1.29 is 9.59 Å². The molecule has 0 saturated carbocycles. The van der Waals surface area contributed by atoms with Crippen molar-refractivity contribution in [2.24, 2.45) is 5.73 Å². The topological polar surface area (TPSA) is 63.4 Å². The molecule has 4 nitrogen and oxygen atoms in total. The van der Waals surface area contributed by atoms with Gasteiger partial charge in [-0.3, -0.25) is 14.5 Å². The summed E-state index contributed by atoms with van der Waals surface area (Å²) in [6.07, 6.45) is 3.22. The van der Waals surface area contributed by atoms with Gasteiger partial charge in [0.25, 0.3) is 11.8 Å². The zero-order valence-electron chi connectivity index (χ0n) is 7.86. The highest BCUT2D eigenvalue weighted by Crippen LogP contribution is 2.12. The molecule has 1 heterocycles. The van der Waals surface area contributed by atoms with Gasteiger partial charge in [0.15, 0.2) is 0 Å². The normalized spacial score (nSPS) is 21.0. The van der Waals surface area contributed by atoms with Crippen molar-refractivity contribution in [1.29, 1.82) is 0 Å². The Kier molecular flexibility index (Phi) is 2.83. The minimum atomic E-state index is -0.238. The van der Waals surface area contributed by atoms with E-state index in [2.05, 4.69) is 0 Å². The number of hydrogen-bond acceptors (Lipinski definition) is 3. The fourth-order valence-corrected chi connectivity index (χ4v) is 1.49. The summed E-state index contributed by atoms with van der Waals surface area (Å²) < 4.78 is 0. The summed E-state index contributed by atoms with van der Waals surface area (Å²) >= 11 is 0. The number of carbonyl (C=O) groups excluding carboxylic acids is 2. The van der Waals surface area contributed by atoms with E-state index in [1.54, 1.807) is 0 Å². The summed E-state index contributed by atoms with van der Waals surface area (Å²) in [5.74, 6) is -0.476. The number of hydrogen-bond donors (Lipinski definition) is 1. The van der Waals surface area contributed by atoms with Crippen LogP contribution in [-0.4, -0.2) is 28.8 Å². The second kappa shape index (κ2) is 3.70. The summed E-state index contributed by atoms with van der Waals surface area (Å²) in [4.78, 5) is 23.6. The molecule has 2 unspecified atom stereocenters. The van der Waals surface area contributed by atoms with Crippen LogP contribution in [0.2, 0.25) is 0 Å². The van der Waals surface area contributed by atoms with Gasteiger partial charge in [0, 0.05) is 24.2 Å². The predicted molar refractivity (Wildman–Crippen MR) is 48.7 cm³/mol. The van der Waals surface area contributed by atoms with Gasteiger partial charge in [0.05, 0.1) is 0 Å². The molecule has 0 spiro atoms. The molecule has 1 rings (SSSR count). The third-order valence-corrected chi connectivity index (χ3v) is 2.00. The van der Waals surface area contributed by atoms with Gasteiger partial charge in [-0.15, -0.1) is 0 Å². The minimum absolute atomic E-state index is 0.00352. The third kappa shape index (κ3) is 2.15. The highest BCUT2D eigenvalue weighted by molar-refractivity contribution is 6.13. The van der Waals surface area contributed by atoms with Crippen LogP contribution in [0.5, 0.6) is 0 Å². The molecule has 72 valence electrons. The Morgan fingerprint density at radius 2 is 1.77 bits per heavy atom. The van der Waals surface area contributed by atoms with Crippen LogP contribution in [-0.2, 0) is 9.59 Å². The number of nitrogens with two attached hydrogens (primary N) is 1. The molecule has 1 aliphatic rings. The molecule has 2 atom stereocenters. The summed E-state index contributed by atoms with van der Waals surface area (Å²) in [5, 5.41) is 0. The Balaban J connectivity index is 2.61. The summed E-state index contributed by atoms with van der Waals surface area (Å²) in [6.45, 7) is 3.68. The first-order chi connectivity index (χ1) is 6.02. The smallest absolute Gasteiger partial charge is 0.253 e. The lowest BCUT2D eigenvalue weighted by Gasteiger charge is -2.23. The van der Waals surface area contributed by atoms with Gasteiger partial charge < -0.3 is 5.73 Å². The first-order valence-corrected chi connectivity index (χ1v) is 4.33. The molecule has 0 aromatic carbocycles. The molecule has 0 aromatic heterocycles. The first kappa shape index (κ1) is 9.92. The van der Waals surface area contributed by atoms with Crippen LogP contribution >= 0.6 is 0 Å². The molecule has 13 heavy (non-hydrogen) atoms. The van der Waals surface area contributed by atoms with E-state index in [0.717, 1.165) is 0 Å². The van der Waals surface area contributed by atoms with Crippen LogP contribution in [0.15, 0.2) is 12.2 Å². The number of amides is 2. The summed E-state index contributed by atoms with van der Waals surface area (Å²) in [6, 6.07) is -0.119. The van der Waals surface area contributed by atoms with Crippen molar-refractivity contribution >= 4 is 11.8 Å². The molecule has 0 radical (unpaired) electrons. The lowest BCUT2D eigenvalue weighted by atomic mass is 10.1. The first-order valence-electron chi connectivity index (χ1n) is 4.33. The van der Waals surface area contributed by atoms with E-state index < -0.39 is 0 Å². The Hall–Kier alpha value is -1.16. The van der Waals surface area contributed by atoms with Crippen molar-refractivity contribution in [3.63, 3.8) is 0 Å². The standard InChI is InChI=1S/C9H14N2O2/c1-6(10)5-7(2)11-8(12)3-4-9(11)13/h3-4,6-7H,5,10H2,1-2H3. The molecule has 4 heteroatoms. The molecule has 1 aliphatic heterocycles. The Morgan fingerprint density at radius 3 is 2.15 bits per heavy atom. The lowest BCUT2D eigenvalue weighted by Crippen LogP contribution is -2.40. The van der Waals surface area contributed by atoms with Crippen molar-refractivity contribution in [2.45, 2.75) is 32.4 Å². The van der Waals surface area contributed by atoms with Gasteiger partial charge in [0.1, 0.15) is 0 Å². The number of carbonyl (C=O) groups is 2. The van der Waals surface area contributed by atoms with Crippen molar-refractivity contribution in [3.8, 4) is 0 Å². The SMILES string of the molecule is CC(N)CC(C)N1C(=O)C=CC1=O. The van der Waals surface area contributed by atoms with Gasteiger partial charge in [-0.25, -0.2) is 0 Å². The Morgan fingerprint density at radius 1 is 1.31 bits per heavy atom. The molecular formula is C9H14N2O2. The molecule has 2 amide bonds. The van der Waals surface area contributed by atoms with Crippen LogP contribution in [0.1, 0.15) is 20.3 Å². The zero-order valence-corrected chi connectivity index (χ0v) is 7.86. The Bertz CT molecular complexity index is 240. The van der Waals surface area contributed by atoms with E-state index in [9.17, 15) is 9.59 Å². The second-order valence-corrected chi connectivity index (χ2v) is 3.44. The molecule has 0 bridgehead atoms. The van der Waals surface area contributed by atoms with Crippen LogP contribution in [0.4, 0.5) is 0 Å². The fourth-order valence-electron chi connectivity index (χ4n) is 1.49. The van der Waals surface area contributed by atoms with Crippen LogP contribution in [0, 0.1) is 0 Å². The maximum Gasteiger partial charge on any atom is 0.253 e. The predicted octanol–water partition coefficient (Wildman–Crippen LogP) is 0.0372. The van der Waals surface area contributed by atoms with Gasteiger partial charge in [-0.1, -0.05) is 0 Å². The van der Waals surface area contributed by atoms with E-state index in [1.807, 2.05) is 13.8 Å². The van der Waals surface area contributed by atoms with E-state index in [4.69, 9.17) is 5.73 Å². The average molecular weight is 182 g/mol. The summed E-state index contributed by atoms with van der Waals surface area (Å²) in [7, 11) is 0. The minimum Gasteiger partial charge on any atom is -0.328 e. The van der Waals surface area contributed by atoms with Gasteiger partial charge >= 0.3 is 0 Å². The number of rotatable bonds is 3. The highest BCUT2D eigenvalue weighted by Gasteiger charge is 2.28. The quantitative estimate of drug-likeness (QED) is 0.627. The Labute approximate surface area is 77.4 Å². The summed E-state index contributed by atoms with van der Waals surface area (Å²) in [5.41, 5.74) is 5.58. The molecule has 2 N–H and O–H groups in total. The third-order valence-electron chi connectivity index (χ3n) is 2.00.